The van der Waals surface area contributed by atoms with E-state index in [9.17, 15) is 4.79 Å². The summed E-state index contributed by atoms with van der Waals surface area (Å²) in [5.41, 5.74) is 5.60. The maximum atomic E-state index is 12.4. The van der Waals surface area contributed by atoms with Crippen molar-refractivity contribution < 1.29 is 4.79 Å². The van der Waals surface area contributed by atoms with Gasteiger partial charge in [0.15, 0.2) is 0 Å². The molecule has 21 heavy (non-hydrogen) atoms. The van der Waals surface area contributed by atoms with E-state index in [1.807, 2.05) is 25.1 Å². The van der Waals surface area contributed by atoms with Crippen molar-refractivity contribution in [3.63, 3.8) is 0 Å². The first-order valence-corrected chi connectivity index (χ1v) is 7.33. The zero-order valence-corrected chi connectivity index (χ0v) is 12.4. The number of amides is 1. The van der Waals surface area contributed by atoms with Crippen molar-refractivity contribution in [3.05, 3.63) is 70.3 Å². The molecule has 2 aromatic carbocycles. The van der Waals surface area contributed by atoms with Crippen LogP contribution in [0.5, 0.6) is 0 Å². The summed E-state index contributed by atoms with van der Waals surface area (Å²) in [5, 5.41) is 6.36. The highest BCUT2D eigenvalue weighted by Gasteiger charge is 2.15. The maximum absolute atomic E-state index is 12.4. The van der Waals surface area contributed by atoms with Crippen LogP contribution in [0.1, 0.15) is 45.6 Å². The highest BCUT2D eigenvalue weighted by Crippen LogP contribution is 2.18. The molecule has 2 aromatic rings. The molecule has 1 unspecified atom stereocenters. The zero-order chi connectivity index (χ0) is 14.8. The number of nitrogens with one attached hydrogen (secondary N) is 2. The molecule has 0 bridgehead atoms. The van der Waals surface area contributed by atoms with Crippen LogP contribution in [0.15, 0.2) is 42.5 Å². The van der Waals surface area contributed by atoms with E-state index in [4.69, 9.17) is 0 Å². The van der Waals surface area contributed by atoms with Crippen molar-refractivity contribution in [1.82, 2.24) is 10.6 Å². The van der Waals surface area contributed by atoms with Crippen LogP contribution in [0, 0.1) is 6.92 Å². The largest absolute Gasteiger partial charge is 0.346 e. The molecule has 3 nitrogen and oxygen atoms in total. The Kier molecular flexibility index (Phi) is 3.76. The normalized spacial score (nSPS) is 14.6. The van der Waals surface area contributed by atoms with Gasteiger partial charge in [0, 0.05) is 18.7 Å². The van der Waals surface area contributed by atoms with Crippen molar-refractivity contribution in [2.45, 2.75) is 33.0 Å². The molecule has 2 N–H and O–H groups in total. The lowest BCUT2D eigenvalue weighted by Gasteiger charge is -2.15. The van der Waals surface area contributed by atoms with Gasteiger partial charge in [0.25, 0.3) is 5.91 Å². The number of rotatable bonds is 3. The maximum Gasteiger partial charge on any atom is 0.251 e. The Morgan fingerprint density at radius 1 is 1.10 bits per heavy atom. The zero-order valence-electron chi connectivity index (χ0n) is 12.4. The fraction of sp³-hybridized carbons (Fsp3) is 0.278. The van der Waals surface area contributed by atoms with E-state index in [0.29, 0.717) is 0 Å². The highest BCUT2D eigenvalue weighted by atomic mass is 16.1. The van der Waals surface area contributed by atoms with Crippen LogP contribution >= 0.6 is 0 Å². The van der Waals surface area contributed by atoms with Crippen molar-refractivity contribution in [2.75, 3.05) is 0 Å². The first-order valence-electron chi connectivity index (χ1n) is 7.33. The summed E-state index contributed by atoms with van der Waals surface area (Å²) in [6.45, 7) is 5.82. The molecule has 108 valence electrons. The molecule has 1 heterocycles. The lowest BCUT2D eigenvalue weighted by atomic mass is 10.0. The molecule has 0 spiro atoms. The average molecular weight is 280 g/mol. The van der Waals surface area contributed by atoms with Crippen LogP contribution in [-0.2, 0) is 13.1 Å². The minimum atomic E-state index is -0.0159. The Morgan fingerprint density at radius 2 is 1.81 bits per heavy atom. The smallest absolute Gasteiger partial charge is 0.251 e. The van der Waals surface area contributed by atoms with Crippen LogP contribution < -0.4 is 10.6 Å². The Labute approximate surface area is 125 Å². The lowest BCUT2D eigenvalue weighted by molar-refractivity contribution is 0.0940. The summed E-state index contributed by atoms with van der Waals surface area (Å²) in [4.78, 5) is 12.4. The Balaban J connectivity index is 1.72. The number of hydrogen-bond acceptors (Lipinski definition) is 2. The van der Waals surface area contributed by atoms with Gasteiger partial charge in [-0.05, 0) is 42.7 Å². The van der Waals surface area contributed by atoms with E-state index >= 15 is 0 Å². The molecule has 1 atom stereocenters. The molecule has 0 saturated carbocycles. The van der Waals surface area contributed by atoms with Crippen LogP contribution in [0.4, 0.5) is 0 Å². The van der Waals surface area contributed by atoms with Gasteiger partial charge in [-0.1, -0.05) is 35.9 Å². The quantitative estimate of drug-likeness (QED) is 0.907. The van der Waals surface area contributed by atoms with Gasteiger partial charge < -0.3 is 10.6 Å². The van der Waals surface area contributed by atoms with Crippen molar-refractivity contribution in [2.24, 2.45) is 0 Å². The van der Waals surface area contributed by atoms with E-state index in [-0.39, 0.29) is 11.9 Å². The molecule has 0 saturated heterocycles. The van der Waals surface area contributed by atoms with E-state index in [2.05, 4.69) is 41.8 Å². The SMILES string of the molecule is Cc1ccc(C(C)NC(=O)c2ccc3c(c2)CNC3)cc1. The van der Waals surface area contributed by atoms with Gasteiger partial charge >= 0.3 is 0 Å². The molecule has 0 radical (unpaired) electrons. The van der Waals surface area contributed by atoms with Gasteiger partial charge in [-0.25, -0.2) is 0 Å². The summed E-state index contributed by atoms with van der Waals surface area (Å²) in [5.74, 6) is -0.0159. The molecule has 0 aromatic heterocycles. The molecular weight excluding hydrogens is 260 g/mol. The fourth-order valence-electron chi connectivity index (χ4n) is 2.65. The molecule has 1 amide bonds. The second kappa shape index (κ2) is 5.70. The van der Waals surface area contributed by atoms with Crippen LogP contribution in [0.25, 0.3) is 0 Å². The standard InChI is InChI=1S/C18H20N2O/c1-12-3-5-14(6-4-12)13(2)20-18(21)15-7-8-16-10-19-11-17(16)9-15/h3-9,13,19H,10-11H2,1-2H3,(H,20,21). The van der Waals surface area contributed by atoms with Crippen molar-refractivity contribution in [3.8, 4) is 0 Å². The first kappa shape index (κ1) is 13.8. The highest BCUT2D eigenvalue weighted by molar-refractivity contribution is 5.94. The third-order valence-electron chi connectivity index (χ3n) is 4.02. The third kappa shape index (κ3) is 2.98. The van der Waals surface area contributed by atoms with Crippen molar-refractivity contribution in [1.29, 1.82) is 0 Å². The number of carbonyl (C=O) groups excluding carboxylic acids is 1. The predicted octanol–water partition coefficient (Wildman–Crippen LogP) is 3.09. The van der Waals surface area contributed by atoms with E-state index in [0.717, 1.165) is 24.2 Å². The molecular formula is C18H20N2O. The third-order valence-corrected chi connectivity index (χ3v) is 4.02. The van der Waals surface area contributed by atoms with Gasteiger partial charge in [0.1, 0.15) is 0 Å². The van der Waals surface area contributed by atoms with Crippen molar-refractivity contribution >= 4 is 5.91 Å². The monoisotopic (exact) mass is 280 g/mol. The van der Waals surface area contributed by atoms with Crippen LogP contribution in [0.2, 0.25) is 0 Å². The van der Waals surface area contributed by atoms with E-state index in [1.165, 1.54) is 16.7 Å². The van der Waals surface area contributed by atoms with Gasteiger partial charge in [0.2, 0.25) is 0 Å². The summed E-state index contributed by atoms with van der Waals surface area (Å²) >= 11 is 0. The Morgan fingerprint density at radius 3 is 2.57 bits per heavy atom. The molecule has 3 rings (SSSR count). The number of fused-ring (bicyclic) bond motifs is 1. The topological polar surface area (TPSA) is 41.1 Å². The minimum absolute atomic E-state index is 0.00415. The van der Waals surface area contributed by atoms with Gasteiger partial charge in [-0.3, -0.25) is 4.79 Å². The number of carbonyl (C=O) groups is 1. The summed E-state index contributed by atoms with van der Waals surface area (Å²) in [7, 11) is 0. The van der Waals surface area contributed by atoms with Gasteiger partial charge in [-0.15, -0.1) is 0 Å². The summed E-state index contributed by atoms with van der Waals surface area (Å²) < 4.78 is 0. The van der Waals surface area contributed by atoms with E-state index in [1.54, 1.807) is 0 Å². The minimum Gasteiger partial charge on any atom is -0.346 e. The average Bonchev–Trinajstić information content (AvgIpc) is 2.95. The van der Waals surface area contributed by atoms with Crippen LogP contribution in [-0.4, -0.2) is 5.91 Å². The van der Waals surface area contributed by atoms with Gasteiger partial charge in [0.05, 0.1) is 6.04 Å². The molecule has 1 aliphatic rings. The lowest BCUT2D eigenvalue weighted by Crippen LogP contribution is -2.26. The number of benzene rings is 2. The predicted molar refractivity (Wildman–Crippen MR) is 84.0 cm³/mol. The van der Waals surface area contributed by atoms with Crippen LogP contribution in [0.3, 0.4) is 0 Å². The van der Waals surface area contributed by atoms with E-state index < -0.39 is 0 Å². The first-order chi connectivity index (χ1) is 10.1. The van der Waals surface area contributed by atoms with Gasteiger partial charge in [-0.2, -0.15) is 0 Å². The number of hydrogen-bond donors (Lipinski definition) is 2. The summed E-state index contributed by atoms with van der Waals surface area (Å²) in [6.07, 6.45) is 0. The second-order valence-electron chi connectivity index (χ2n) is 5.69. The number of aryl methyl sites for hydroxylation is 1. The second-order valence-corrected chi connectivity index (χ2v) is 5.69. The molecule has 0 aliphatic carbocycles. The fourth-order valence-corrected chi connectivity index (χ4v) is 2.65. The Bertz CT molecular complexity index is 661. The molecule has 1 aliphatic heterocycles. The molecule has 0 fully saturated rings. The Hall–Kier alpha value is -2.13. The molecule has 3 heteroatoms. The summed E-state index contributed by atoms with van der Waals surface area (Å²) in [6, 6.07) is 14.2.